The summed E-state index contributed by atoms with van der Waals surface area (Å²) in [4.78, 5) is 32.3. The first-order valence-corrected chi connectivity index (χ1v) is 12.4. The molecule has 0 amide bonds. The van der Waals surface area contributed by atoms with Crippen LogP contribution in [0.1, 0.15) is 0 Å². The quantitative estimate of drug-likeness (QED) is 0.0711. The number of hydrogen-bond acceptors (Lipinski definition) is 13. The summed E-state index contributed by atoms with van der Waals surface area (Å²) in [5.74, 6) is -1.97. The monoisotopic (exact) mass is 519 g/mol. The SMILES string of the molecule is C=COON(CC(=O)O)c1nc(NCCNS(C)(=O)=O)nc(Nc2cccc(S(=O)(=O)O)c2)n1. The van der Waals surface area contributed by atoms with Gasteiger partial charge >= 0.3 is 5.97 Å². The van der Waals surface area contributed by atoms with Crippen LogP contribution in [-0.4, -0.2) is 73.3 Å². The smallest absolute Gasteiger partial charge is 0.326 e. The highest BCUT2D eigenvalue weighted by atomic mass is 32.2. The third-order valence-corrected chi connectivity index (χ3v) is 5.07. The predicted octanol–water partition coefficient (Wildman–Crippen LogP) is -0.279. The highest BCUT2D eigenvalue weighted by Crippen LogP contribution is 2.21. The van der Waals surface area contributed by atoms with E-state index in [0.717, 1.165) is 24.7 Å². The molecule has 0 bridgehead atoms. The number of carboxylic acid groups (broad SMARTS) is 1. The van der Waals surface area contributed by atoms with Crippen LogP contribution >= 0.6 is 0 Å². The molecule has 16 nitrogen and oxygen atoms in total. The first kappa shape index (κ1) is 26.7. The van der Waals surface area contributed by atoms with Gasteiger partial charge in [-0.05, 0) is 18.2 Å². The van der Waals surface area contributed by atoms with Gasteiger partial charge in [-0.3, -0.25) is 9.35 Å². The minimum atomic E-state index is -4.48. The molecule has 2 rings (SSSR count). The third-order valence-electron chi connectivity index (χ3n) is 3.49. The van der Waals surface area contributed by atoms with Crippen molar-refractivity contribution in [1.29, 1.82) is 0 Å². The molecule has 186 valence electrons. The number of anilines is 4. The lowest BCUT2D eigenvalue weighted by Crippen LogP contribution is -2.32. The lowest BCUT2D eigenvalue weighted by molar-refractivity contribution is -0.260. The average molecular weight is 520 g/mol. The molecule has 2 aromatic rings. The topological polar surface area (TPSA) is 222 Å². The Balaban J connectivity index is 2.38. The van der Waals surface area contributed by atoms with Crippen molar-refractivity contribution in [2.24, 2.45) is 0 Å². The number of nitrogens with zero attached hydrogens (tertiary/aromatic N) is 4. The Bertz CT molecular complexity index is 1240. The van der Waals surface area contributed by atoms with Crippen LogP contribution in [0, 0.1) is 0 Å². The van der Waals surface area contributed by atoms with Crippen LogP contribution in [0.3, 0.4) is 0 Å². The molecule has 1 aromatic carbocycles. The Morgan fingerprint density at radius 3 is 2.50 bits per heavy atom. The van der Waals surface area contributed by atoms with Gasteiger partial charge in [0.05, 0.1) is 11.2 Å². The van der Waals surface area contributed by atoms with E-state index < -0.39 is 37.6 Å². The lowest BCUT2D eigenvalue weighted by atomic mass is 10.3. The molecular weight excluding hydrogens is 498 g/mol. The summed E-state index contributed by atoms with van der Waals surface area (Å²) in [7, 11) is -7.91. The Morgan fingerprint density at radius 1 is 1.18 bits per heavy atom. The largest absolute Gasteiger partial charge is 0.480 e. The molecule has 0 aliphatic heterocycles. The van der Waals surface area contributed by atoms with Gasteiger partial charge in [0.1, 0.15) is 6.26 Å². The highest BCUT2D eigenvalue weighted by Gasteiger charge is 2.19. The number of carbonyl (C=O) groups is 1. The van der Waals surface area contributed by atoms with Crippen molar-refractivity contribution in [3.8, 4) is 0 Å². The second kappa shape index (κ2) is 11.5. The average Bonchev–Trinajstić information content (AvgIpc) is 2.73. The number of sulfonamides is 1. The van der Waals surface area contributed by atoms with Crippen LogP contribution in [-0.2, 0) is 34.8 Å². The molecule has 18 heteroatoms. The zero-order chi connectivity index (χ0) is 25.4. The van der Waals surface area contributed by atoms with E-state index in [1.165, 1.54) is 12.1 Å². The number of benzene rings is 1. The molecule has 1 aromatic heterocycles. The molecular formula is C16H21N7O9S2. The normalized spacial score (nSPS) is 11.5. The molecule has 0 aliphatic carbocycles. The summed E-state index contributed by atoms with van der Waals surface area (Å²) in [6, 6.07) is 5.07. The summed E-state index contributed by atoms with van der Waals surface area (Å²) >= 11 is 0. The van der Waals surface area contributed by atoms with Gasteiger partial charge in [0, 0.05) is 18.8 Å². The van der Waals surface area contributed by atoms with Crippen LogP contribution in [0.2, 0.25) is 0 Å². The van der Waals surface area contributed by atoms with E-state index in [2.05, 4.69) is 41.8 Å². The van der Waals surface area contributed by atoms with E-state index in [1.54, 1.807) is 0 Å². The zero-order valence-electron chi connectivity index (χ0n) is 17.6. The van der Waals surface area contributed by atoms with Crippen molar-refractivity contribution < 1.29 is 41.2 Å². The molecule has 0 spiro atoms. The van der Waals surface area contributed by atoms with E-state index in [0.29, 0.717) is 5.06 Å². The highest BCUT2D eigenvalue weighted by molar-refractivity contribution is 7.88. The molecule has 5 N–H and O–H groups in total. The summed E-state index contributed by atoms with van der Waals surface area (Å²) in [5, 5.41) is 15.2. The molecule has 0 aliphatic rings. The van der Waals surface area contributed by atoms with E-state index in [-0.39, 0.29) is 36.6 Å². The van der Waals surface area contributed by atoms with Gasteiger partial charge in [-0.25, -0.2) is 13.1 Å². The Labute approximate surface area is 194 Å². The number of aliphatic carboxylic acids is 1. The first-order chi connectivity index (χ1) is 15.9. The van der Waals surface area contributed by atoms with Crippen molar-refractivity contribution in [3.05, 3.63) is 37.1 Å². The van der Waals surface area contributed by atoms with Crippen LogP contribution in [0.5, 0.6) is 0 Å². The van der Waals surface area contributed by atoms with Crippen molar-refractivity contribution in [2.75, 3.05) is 41.6 Å². The number of nitrogens with one attached hydrogen (secondary N) is 3. The van der Waals surface area contributed by atoms with Crippen molar-refractivity contribution in [3.63, 3.8) is 0 Å². The van der Waals surface area contributed by atoms with Crippen LogP contribution in [0.4, 0.5) is 23.5 Å². The maximum atomic E-state index is 11.4. The fourth-order valence-electron chi connectivity index (χ4n) is 2.22. The van der Waals surface area contributed by atoms with Gasteiger partial charge in [-0.2, -0.15) is 28.4 Å². The first-order valence-electron chi connectivity index (χ1n) is 9.10. The maximum absolute atomic E-state index is 11.4. The number of aromatic nitrogens is 3. The molecule has 1 heterocycles. The third kappa shape index (κ3) is 9.11. The van der Waals surface area contributed by atoms with Crippen molar-refractivity contribution in [1.82, 2.24) is 19.7 Å². The van der Waals surface area contributed by atoms with Crippen LogP contribution < -0.4 is 20.4 Å². The van der Waals surface area contributed by atoms with E-state index in [1.807, 2.05) is 0 Å². The van der Waals surface area contributed by atoms with E-state index in [4.69, 9.17) is 10.1 Å². The van der Waals surface area contributed by atoms with Gasteiger partial charge in [0.25, 0.3) is 16.1 Å². The zero-order valence-corrected chi connectivity index (χ0v) is 19.2. The lowest BCUT2D eigenvalue weighted by Gasteiger charge is -2.18. The van der Waals surface area contributed by atoms with Crippen molar-refractivity contribution in [2.45, 2.75) is 4.90 Å². The minimum absolute atomic E-state index is 0.0199. The Morgan fingerprint density at radius 2 is 1.88 bits per heavy atom. The second-order valence-corrected chi connectivity index (χ2v) is 9.53. The molecule has 34 heavy (non-hydrogen) atoms. The number of carboxylic acids is 1. The van der Waals surface area contributed by atoms with Gasteiger partial charge < -0.3 is 20.6 Å². The summed E-state index contributed by atoms with van der Waals surface area (Å²) in [6.07, 6.45) is 1.86. The number of hydrogen-bond donors (Lipinski definition) is 5. The fourth-order valence-corrected chi connectivity index (χ4v) is 3.22. The van der Waals surface area contributed by atoms with Crippen molar-refractivity contribution >= 4 is 49.6 Å². The van der Waals surface area contributed by atoms with Gasteiger partial charge in [0.15, 0.2) is 6.54 Å². The maximum Gasteiger partial charge on any atom is 0.326 e. The molecule has 0 unspecified atom stereocenters. The summed E-state index contributed by atoms with van der Waals surface area (Å²) in [6.45, 7) is 2.53. The molecule has 0 fully saturated rings. The van der Waals surface area contributed by atoms with Crippen LogP contribution in [0.25, 0.3) is 0 Å². The van der Waals surface area contributed by atoms with Gasteiger partial charge in [0.2, 0.25) is 21.9 Å². The van der Waals surface area contributed by atoms with Crippen LogP contribution in [0.15, 0.2) is 42.0 Å². The van der Waals surface area contributed by atoms with E-state index in [9.17, 15) is 26.2 Å². The fraction of sp³-hybridized carbons (Fsp3) is 0.250. The summed E-state index contributed by atoms with van der Waals surface area (Å²) < 4.78 is 56.6. The van der Waals surface area contributed by atoms with E-state index >= 15 is 0 Å². The minimum Gasteiger partial charge on any atom is -0.480 e. The second-order valence-electron chi connectivity index (χ2n) is 6.27. The number of hydroxylamine groups is 1. The molecule has 0 saturated heterocycles. The Kier molecular flexibility index (Phi) is 9.04. The standard InChI is InChI=1S/C16H21N7O9S2/c1-3-31-32-23(10-13(24)25)16-21-14(17-7-8-18-33(2,26)27)20-15(22-16)19-11-5-4-6-12(9-11)34(28,29)30/h3-6,9,18H,1,7-8,10H2,2H3,(H,24,25)(H,28,29,30)(H2,17,19,20,21,22). The predicted molar refractivity (Wildman–Crippen MR) is 118 cm³/mol. The molecule has 0 atom stereocenters. The Hall–Kier alpha value is -3.58. The van der Waals surface area contributed by atoms with Gasteiger partial charge in [-0.15, -0.1) is 0 Å². The summed E-state index contributed by atoms with van der Waals surface area (Å²) in [5.41, 5.74) is 0.157. The molecule has 0 saturated carbocycles. The van der Waals surface area contributed by atoms with Gasteiger partial charge in [-0.1, -0.05) is 17.6 Å². The number of rotatable bonds is 14. The molecule has 0 radical (unpaired) electrons.